The number of nitrogens with zero attached hydrogens (tertiary/aromatic N) is 1. The highest BCUT2D eigenvalue weighted by Crippen LogP contribution is 2.37. The topological polar surface area (TPSA) is 20.3 Å². The molecule has 3 aliphatic rings. The van der Waals surface area contributed by atoms with Crippen LogP contribution in [0, 0.1) is 5.92 Å². The molecule has 0 aromatic heterocycles. The molecule has 3 rings (SSSR count). The van der Waals surface area contributed by atoms with Gasteiger partial charge in [-0.25, -0.2) is 0 Å². The lowest BCUT2D eigenvalue weighted by molar-refractivity contribution is -0.122. The quantitative estimate of drug-likeness (QED) is 0.606. The third-order valence-electron chi connectivity index (χ3n) is 3.74. The van der Waals surface area contributed by atoms with E-state index in [0.29, 0.717) is 6.04 Å². The van der Waals surface area contributed by atoms with Gasteiger partial charge in [-0.05, 0) is 45.4 Å². The van der Waals surface area contributed by atoms with Crippen molar-refractivity contribution in [2.45, 2.75) is 51.1 Å². The Morgan fingerprint density at radius 1 is 1.23 bits per heavy atom. The summed E-state index contributed by atoms with van der Waals surface area (Å²) in [5.74, 6) is 0.865. The van der Waals surface area contributed by atoms with Crippen LogP contribution in [0.1, 0.15) is 39.5 Å². The van der Waals surface area contributed by atoms with Crippen molar-refractivity contribution in [2.24, 2.45) is 5.92 Å². The van der Waals surface area contributed by atoms with Gasteiger partial charge in [0, 0.05) is 12.6 Å². The normalized spacial score (nSPS) is 34.9. The number of aldehydes is 1. The minimum absolute atomic E-state index is 0.232. The first kappa shape index (κ1) is 9.20. The molecule has 0 radical (unpaired) electrons. The van der Waals surface area contributed by atoms with Crippen LogP contribution in [0.2, 0.25) is 0 Å². The van der Waals surface area contributed by atoms with Crippen LogP contribution in [0.4, 0.5) is 0 Å². The summed E-state index contributed by atoms with van der Waals surface area (Å²) in [6, 6.07) is 0.685. The van der Waals surface area contributed by atoms with E-state index >= 15 is 0 Å². The SMILES string of the molecule is CC(C)(C=O)N1CC2CCC1CC2. The van der Waals surface area contributed by atoms with E-state index in [1.54, 1.807) is 0 Å². The molecule has 0 spiro atoms. The number of carbonyl (C=O) groups is 1. The number of hydrogen-bond acceptors (Lipinski definition) is 2. The molecular formula is C11H19NO. The first-order chi connectivity index (χ1) is 6.13. The fraction of sp³-hybridized carbons (Fsp3) is 0.909. The van der Waals surface area contributed by atoms with Gasteiger partial charge in [0.05, 0.1) is 5.54 Å². The fourth-order valence-corrected chi connectivity index (χ4v) is 2.84. The Hall–Kier alpha value is -0.370. The summed E-state index contributed by atoms with van der Waals surface area (Å²) < 4.78 is 0. The summed E-state index contributed by atoms with van der Waals surface area (Å²) >= 11 is 0. The molecule has 2 heteroatoms. The Labute approximate surface area is 80.3 Å². The van der Waals surface area contributed by atoms with Crippen molar-refractivity contribution in [3.63, 3.8) is 0 Å². The van der Waals surface area contributed by atoms with Gasteiger partial charge in [-0.3, -0.25) is 4.90 Å². The van der Waals surface area contributed by atoms with Gasteiger partial charge in [0.1, 0.15) is 6.29 Å². The van der Waals surface area contributed by atoms with Crippen LogP contribution < -0.4 is 0 Å². The zero-order valence-corrected chi connectivity index (χ0v) is 8.62. The average molecular weight is 181 g/mol. The molecule has 2 saturated heterocycles. The number of carbonyl (C=O) groups excluding carboxylic acids is 1. The number of rotatable bonds is 2. The van der Waals surface area contributed by atoms with Crippen molar-refractivity contribution in [3.8, 4) is 0 Å². The highest BCUT2D eigenvalue weighted by molar-refractivity contribution is 5.62. The summed E-state index contributed by atoms with van der Waals surface area (Å²) in [7, 11) is 0. The van der Waals surface area contributed by atoms with Crippen molar-refractivity contribution in [2.75, 3.05) is 6.54 Å². The second-order valence-electron chi connectivity index (χ2n) is 5.10. The van der Waals surface area contributed by atoms with Crippen LogP contribution >= 0.6 is 0 Å². The Morgan fingerprint density at radius 2 is 1.85 bits per heavy atom. The van der Waals surface area contributed by atoms with Gasteiger partial charge in [0.2, 0.25) is 0 Å². The summed E-state index contributed by atoms with van der Waals surface area (Å²) in [6.45, 7) is 5.23. The van der Waals surface area contributed by atoms with Crippen LogP contribution in [0.3, 0.4) is 0 Å². The monoisotopic (exact) mass is 181 g/mol. The largest absolute Gasteiger partial charge is 0.301 e. The lowest BCUT2D eigenvalue weighted by Crippen LogP contribution is -2.58. The van der Waals surface area contributed by atoms with Crippen LogP contribution in [0.5, 0.6) is 0 Å². The van der Waals surface area contributed by atoms with E-state index in [-0.39, 0.29) is 5.54 Å². The molecule has 0 N–H and O–H groups in total. The van der Waals surface area contributed by atoms with Crippen molar-refractivity contribution in [1.29, 1.82) is 0 Å². The lowest BCUT2D eigenvalue weighted by atomic mass is 9.77. The van der Waals surface area contributed by atoms with E-state index in [4.69, 9.17) is 0 Å². The molecule has 0 unspecified atom stereocenters. The van der Waals surface area contributed by atoms with E-state index in [1.807, 2.05) is 13.8 Å². The molecule has 2 aliphatic heterocycles. The Kier molecular flexibility index (Phi) is 2.18. The fourth-order valence-electron chi connectivity index (χ4n) is 2.84. The minimum atomic E-state index is -0.232. The van der Waals surface area contributed by atoms with Gasteiger partial charge in [0.15, 0.2) is 0 Å². The molecule has 0 aromatic rings. The van der Waals surface area contributed by atoms with Crippen LogP contribution in [0.25, 0.3) is 0 Å². The summed E-state index contributed by atoms with van der Waals surface area (Å²) in [6.07, 6.45) is 6.49. The molecule has 13 heavy (non-hydrogen) atoms. The Bertz CT molecular complexity index is 204. The highest BCUT2D eigenvalue weighted by atomic mass is 16.1. The minimum Gasteiger partial charge on any atom is -0.301 e. The number of piperidine rings is 2. The smallest absolute Gasteiger partial charge is 0.139 e. The zero-order valence-electron chi connectivity index (χ0n) is 8.62. The van der Waals surface area contributed by atoms with E-state index < -0.39 is 0 Å². The van der Waals surface area contributed by atoms with Crippen LogP contribution in [-0.4, -0.2) is 29.3 Å². The number of hydrogen-bond donors (Lipinski definition) is 0. The van der Waals surface area contributed by atoms with Gasteiger partial charge in [0.25, 0.3) is 0 Å². The predicted molar refractivity (Wildman–Crippen MR) is 52.6 cm³/mol. The molecule has 1 aliphatic carbocycles. The average Bonchev–Trinajstić information content (AvgIpc) is 2.19. The maximum Gasteiger partial charge on any atom is 0.139 e. The number of fused-ring (bicyclic) bond motifs is 3. The maximum absolute atomic E-state index is 11.0. The third-order valence-corrected chi connectivity index (χ3v) is 3.74. The van der Waals surface area contributed by atoms with Gasteiger partial charge in [-0.2, -0.15) is 0 Å². The first-order valence-electron chi connectivity index (χ1n) is 5.36. The van der Waals surface area contributed by atoms with Crippen molar-refractivity contribution in [3.05, 3.63) is 0 Å². The third kappa shape index (κ3) is 1.52. The van der Waals surface area contributed by atoms with Crippen LogP contribution in [-0.2, 0) is 4.79 Å². The van der Waals surface area contributed by atoms with Crippen molar-refractivity contribution >= 4 is 6.29 Å². The summed E-state index contributed by atoms with van der Waals surface area (Å²) in [4.78, 5) is 13.4. The predicted octanol–water partition coefficient (Wildman–Crippen LogP) is 1.84. The second-order valence-corrected chi connectivity index (χ2v) is 5.10. The Morgan fingerprint density at radius 3 is 2.23 bits per heavy atom. The lowest BCUT2D eigenvalue weighted by Gasteiger charge is -2.50. The van der Waals surface area contributed by atoms with Gasteiger partial charge in [-0.1, -0.05) is 0 Å². The van der Waals surface area contributed by atoms with Crippen molar-refractivity contribution < 1.29 is 4.79 Å². The molecular weight excluding hydrogens is 162 g/mol. The maximum atomic E-state index is 11.0. The molecule has 0 amide bonds. The summed E-state index contributed by atoms with van der Waals surface area (Å²) in [5.41, 5.74) is -0.232. The second kappa shape index (κ2) is 3.09. The van der Waals surface area contributed by atoms with Crippen LogP contribution in [0.15, 0.2) is 0 Å². The van der Waals surface area contributed by atoms with E-state index in [0.717, 1.165) is 18.7 Å². The van der Waals surface area contributed by atoms with Gasteiger partial charge in [-0.15, -0.1) is 0 Å². The molecule has 3 fully saturated rings. The van der Waals surface area contributed by atoms with Crippen molar-refractivity contribution in [1.82, 2.24) is 4.90 Å². The summed E-state index contributed by atoms with van der Waals surface area (Å²) in [5, 5.41) is 0. The standard InChI is InChI=1S/C11H19NO/c1-11(2,8-13)12-7-9-3-5-10(12)6-4-9/h8-10H,3-7H2,1-2H3. The molecule has 74 valence electrons. The van der Waals surface area contributed by atoms with Gasteiger partial charge < -0.3 is 4.79 Å². The van der Waals surface area contributed by atoms with E-state index in [2.05, 4.69) is 4.90 Å². The molecule has 2 heterocycles. The van der Waals surface area contributed by atoms with Gasteiger partial charge >= 0.3 is 0 Å². The highest BCUT2D eigenvalue weighted by Gasteiger charge is 2.40. The Balaban J connectivity index is 2.12. The zero-order chi connectivity index (χ0) is 9.47. The molecule has 1 saturated carbocycles. The van der Waals surface area contributed by atoms with E-state index in [9.17, 15) is 4.79 Å². The van der Waals surface area contributed by atoms with E-state index in [1.165, 1.54) is 25.7 Å². The molecule has 0 atom stereocenters. The molecule has 2 bridgehead atoms. The molecule has 2 nitrogen and oxygen atoms in total. The molecule has 0 aromatic carbocycles. The first-order valence-corrected chi connectivity index (χ1v) is 5.36.